The van der Waals surface area contributed by atoms with Crippen LogP contribution in [0, 0.1) is 0 Å². The zero-order valence-electron chi connectivity index (χ0n) is 10.1. The molecule has 0 aliphatic heterocycles. The maximum Gasteiger partial charge on any atom is 0.233 e. The van der Waals surface area contributed by atoms with E-state index in [2.05, 4.69) is 5.10 Å². The van der Waals surface area contributed by atoms with Crippen molar-refractivity contribution in [1.29, 1.82) is 0 Å². The number of hydrogen-bond acceptors (Lipinski definition) is 4. The highest BCUT2D eigenvalue weighted by Gasteiger charge is 2.19. The lowest BCUT2D eigenvalue weighted by Crippen LogP contribution is -2.05. The molecule has 0 saturated heterocycles. The molecule has 0 aliphatic carbocycles. The zero-order chi connectivity index (χ0) is 13.6. The fraction of sp³-hybridized carbons (Fsp3) is 0.0769. The second-order valence-electron chi connectivity index (χ2n) is 4.19. The number of furan rings is 1. The summed E-state index contributed by atoms with van der Waals surface area (Å²) in [7, 11) is 1.67. The molecule has 19 heavy (non-hydrogen) atoms. The lowest BCUT2D eigenvalue weighted by atomic mass is 10.1. The van der Waals surface area contributed by atoms with E-state index in [9.17, 15) is 4.79 Å². The van der Waals surface area contributed by atoms with Crippen molar-refractivity contribution >= 4 is 34.2 Å². The highest BCUT2D eigenvalue weighted by Crippen LogP contribution is 2.25. The fourth-order valence-corrected chi connectivity index (χ4v) is 2.06. The third-order valence-corrected chi connectivity index (χ3v) is 3.17. The van der Waals surface area contributed by atoms with Crippen molar-refractivity contribution in [2.45, 2.75) is 0 Å². The summed E-state index contributed by atoms with van der Waals surface area (Å²) in [5.74, 6) is 0.235. The van der Waals surface area contributed by atoms with Crippen LogP contribution in [-0.2, 0) is 7.05 Å². The van der Waals surface area contributed by atoms with Gasteiger partial charge in [0.05, 0.1) is 11.8 Å². The highest BCUT2D eigenvalue weighted by molar-refractivity contribution is 6.31. The number of carbonyl (C=O) groups excluding carboxylic acids is 1. The first-order chi connectivity index (χ1) is 9.06. The first-order valence-electron chi connectivity index (χ1n) is 5.57. The van der Waals surface area contributed by atoms with Gasteiger partial charge in [0.1, 0.15) is 11.4 Å². The van der Waals surface area contributed by atoms with Crippen LogP contribution in [0.3, 0.4) is 0 Å². The van der Waals surface area contributed by atoms with E-state index >= 15 is 0 Å². The van der Waals surface area contributed by atoms with Crippen LogP contribution in [-0.4, -0.2) is 15.6 Å². The van der Waals surface area contributed by atoms with E-state index in [1.165, 1.54) is 10.9 Å². The van der Waals surface area contributed by atoms with E-state index in [0.29, 0.717) is 22.0 Å². The number of nitrogen functional groups attached to an aromatic ring is 1. The molecule has 2 heterocycles. The monoisotopic (exact) mass is 275 g/mol. The summed E-state index contributed by atoms with van der Waals surface area (Å²) in [5.41, 5.74) is 6.71. The minimum absolute atomic E-state index is 0.219. The summed E-state index contributed by atoms with van der Waals surface area (Å²) in [6.07, 6.45) is 1.43. The van der Waals surface area contributed by atoms with Gasteiger partial charge in [0.25, 0.3) is 0 Å². The quantitative estimate of drug-likeness (QED) is 0.730. The predicted molar refractivity (Wildman–Crippen MR) is 72.3 cm³/mol. The van der Waals surface area contributed by atoms with Gasteiger partial charge in [-0.1, -0.05) is 11.6 Å². The molecule has 0 fully saturated rings. The molecular weight excluding hydrogens is 266 g/mol. The SMILES string of the molecule is Cn1ncc(C(=O)c2cc3cc(Cl)ccc3o2)c1N. The Morgan fingerprint density at radius 3 is 2.89 bits per heavy atom. The molecule has 0 bridgehead atoms. The third kappa shape index (κ3) is 1.88. The van der Waals surface area contributed by atoms with E-state index in [1.54, 1.807) is 31.3 Å². The van der Waals surface area contributed by atoms with Gasteiger partial charge >= 0.3 is 0 Å². The highest BCUT2D eigenvalue weighted by atomic mass is 35.5. The lowest BCUT2D eigenvalue weighted by molar-refractivity contribution is 0.101. The minimum atomic E-state index is -0.294. The number of hydrogen-bond donors (Lipinski definition) is 1. The van der Waals surface area contributed by atoms with Gasteiger partial charge in [-0.05, 0) is 24.3 Å². The molecule has 6 heteroatoms. The maximum atomic E-state index is 12.3. The molecule has 0 radical (unpaired) electrons. The average Bonchev–Trinajstić information content (AvgIpc) is 2.93. The van der Waals surface area contributed by atoms with Gasteiger partial charge in [-0.15, -0.1) is 0 Å². The summed E-state index contributed by atoms with van der Waals surface area (Å²) in [6.45, 7) is 0. The van der Waals surface area contributed by atoms with Crippen molar-refractivity contribution in [3.63, 3.8) is 0 Å². The summed E-state index contributed by atoms with van der Waals surface area (Å²) in [4.78, 5) is 12.3. The molecule has 0 amide bonds. The number of ketones is 1. The third-order valence-electron chi connectivity index (χ3n) is 2.93. The number of nitrogens with two attached hydrogens (primary N) is 1. The maximum absolute atomic E-state index is 12.3. The molecule has 2 N–H and O–H groups in total. The first-order valence-corrected chi connectivity index (χ1v) is 5.95. The standard InChI is InChI=1S/C13H10ClN3O2/c1-17-13(15)9(6-16-17)12(18)11-5-7-4-8(14)2-3-10(7)19-11/h2-6H,15H2,1H3. The molecule has 3 rings (SSSR count). The number of aromatic nitrogens is 2. The molecule has 96 valence electrons. The second kappa shape index (κ2) is 4.13. The van der Waals surface area contributed by atoms with Gasteiger partial charge in [-0.3, -0.25) is 9.48 Å². The Hall–Kier alpha value is -2.27. The Kier molecular flexibility index (Phi) is 2.57. The van der Waals surface area contributed by atoms with Crippen molar-refractivity contribution in [1.82, 2.24) is 9.78 Å². The Bertz CT molecular complexity index is 788. The number of fused-ring (bicyclic) bond motifs is 1. The number of benzene rings is 1. The van der Waals surface area contributed by atoms with E-state index < -0.39 is 0 Å². The molecule has 0 aliphatic rings. The fourth-order valence-electron chi connectivity index (χ4n) is 1.88. The van der Waals surface area contributed by atoms with Crippen molar-refractivity contribution < 1.29 is 9.21 Å². The predicted octanol–water partition coefficient (Wildman–Crippen LogP) is 2.63. The minimum Gasteiger partial charge on any atom is -0.453 e. The van der Waals surface area contributed by atoms with E-state index in [4.69, 9.17) is 21.8 Å². The van der Waals surface area contributed by atoms with Crippen LogP contribution in [0.5, 0.6) is 0 Å². The Morgan fingerprint density at radius 1 is 1.42 bits per heavy atom. The molecular formula is C13H10ClN3O2. The van der Waals surface area contributed by atoms with Gasteiger partial charge in [0, 0.05) is 17.5 Å². The number of aryl methyl sites for hydroxylation is 1. The van der Waals surface area contributed by atoms with E-state index in [-0.39, 0.29) is 11.5 Å². The van der Waals surface area contributed by atoms with Crippen molar-refractivity contribution in [2.75, 3.05) is 5.73 Å². The van der Waals surface area contributed by atoms with Gasteiger partial charge in [0.2, 0.25) is 5.78 Å². The molecule has 0 spiro atoms. The summed E-state index contributed by atoms with van der Waals surface area (Å²) >= 11 is 5.89. The topological polar surface area (TPSA) is 74.0 Å². The Morgan fingerprint density at radius 2 is 2.21 bits per heavy atom. The second-order valence-corrected chi connectivity index (χ2v) is 4.63. The van der Waals surface area contributed by atoms with Gasteiger partial charge < -0.3 is 10.2 Å². The molecule has 2 aromatic heterocycles. The van der Waals surface area contributed by atoms with Crippen LogP contribution in [0.15, 0.2) is 34.9 Å². The largest absolute Gasteiger partial charge is 0.453 e. The summed E-state index contributed by atoms with van der Waals surface area (Å²) in [6, 6.07) is 6.82. The molecule has 3 aromatic rings. The van der Waals surface area contributed by atoms with Gasteiger partial charge in [-0.2, -0.15) is 5.10 Å². The van der Waals surface area contributed by atoms with E-state index in [0.717, 1.165) is 5.39 Å². The number of halogens is 1. The van der Waals surface area contributed by atoms with Crippen molar-refractivity contribution in [3.8, 4) is 0 Å². The van der Waals surface area contributed by atoms with Crippen LogP contribution in [0.2, 0.25) is 5.02 Å². The Balaban J connectivity index is 2.09. The van der Waals surface area contributed by atoms with E-state index in [1.807, 2.05) is 0 Å². The molecule has 5 nitrogen and oxygen atoms in total. The Labute approximate surface area is 113 Å². The van der Waals surface area contributed by atoms with Gasteiger partial charge in [0.15, 0.2) is 5.76 Å². The molecule has 0 atom stereocenters. The zero-order valence-corrected chi connectivity index (χ0v) is 10.8. The number of rotatable bonds is 2. The summed E-state index contributed by atoms with van der Waals surface area (Å²) in [5, 5.41) is 5.31. The van der Waals surface area contributed by atoms with Crippen molar-refractivity contribution in [2.24, 2.45) is 7.05 Å². The number of anilines is 1. The van der Waals surface area contributed by atoms with Crippen LogP contribution in [0.25, 0.3) is 11.0 Å². The molecule has 0 unspecified atom stereocenters. The summed E-state index contributed by atoms with van der Waals surface area (Å²) < 4.78 is 6.94. The van der Waals surface area contributed by atoms with Crippen LogP contribution in [0.1, 0.15) is 16.1 Å². The van der Waals surface area contributed by atoms with Crippen molar-refractivity contribution in [3.05, 3.63) is 46.8 Å². The normalized spacial score (nSPS) is 11.1. The first kappa shape index (κ1) is 11.8. The smallest absolute Gasteiger partial charge is 0.233 e. The number of nitrogens with zero attached hydrogens (tertiary/aromatic N) is 2. The van der Waals surface area contributed by atoms with Crippen LogP contribution < -0.4 is 5.73 Å². The molecule has 0 saturated carbocycles. The lowest BCUT2D eigenvalue weighted by Gasteiger charge is -1.96. The van der Waals surface area contributed by atoms with Crippen LogP contribution >= 0.6 is 11.6 Å². The molecule has 1 aromatic carbocycles. The average molecular weight is 276 g/mol. The number of carbonyl (C=O) groups is 1. The van der Waals surface area contributed by atoms with Crippen LogP contribution in [0.4, 0.5) is 5.82 Å². The van der Waals surface area contributed by atoms with Gasteiger partial charge in [-0.25, -0.2) is 0 Å².